The molecule has 0 bridgehead atoms. The van der Waals surface area contributed by atoms with Crippen molar-refractivity contribution in [2.45, 2.75) is 45.1 Å². The lowest BCUT2D eigenvalue weighted by molar-refractivity contribution is -0.124. The summed E-state index contributed by atoms with van der Waals surface area (Å²) < 4.78 is 0. The smallest absolute Gasteiger partial charge is 0.227 e. The van der Waals surface area contributed by atoms with Gasteiger partial charge in [-0.2, -0.15) is 0 Å². The maximum Gasteiger partial charge on any atom is 0.227 e. The van der Waals surface area contributed by atoms with Crippen LogP contribution in [0.4, 0.5) is 5.69 Å². The first-order valence-electron chi connectivity index (χ1n) is 7.72. The van der Waals surface area contributed by atoms with E-state index in [1.165, 1.54) is 0 Å². The molecule has 4 nitrogen and oxygen atoms in total. The van der Waals surface area contributed by atoms with Gasteiger partial charge in [0, 0.05) is 18.8 Å². The van der Waals surface area contributed by atoms with Gasteiger partial charge in [0.2, 0.25) is 5.91 Å². The van der Waals surface area contributed by atoms with Crippen molar-refractivity contribution in [3.63, 3.8) is 0 Å². The fourth-order valence-corrected chi connectivity index (χ4v) is 3.09. The first kappa shape index (κ1) is 15.8. The summed E-state index contributed by atoms with van der Waals surface area (Å²) in [5, 5.41) is 16.5. The van der Waals surface area contributed by atoms with Crippen LogP contribution in [0, 0.1) is 5.92 Å². The molecule has 1 heterocycles. The number of hydrogen-bond acceptors (Lipinski definition) is 3. The molecule has 4 heteroatoms. The minimum absolute atomic E-state index is 0.00739. The van der Waals surface area contributed by atoms with Crippen LogP contribution in [0.25, 0.3) is 0 Å². The summed E-state index contributed by atoms with van der Waals surface area (Å²) in [6, 6.07) is 7.93. The highest BCUT2D eigenvalue weighted by Gasteiger charge is 2.28. The van der Waals surface area contributed by atoms with Gasteiger partial charge in [0.15, 0.2) is 0 Å². The number of fused-ring (bicyclic) bond motifs is 1. The number of rotatable bonds is 5. The quantitative estimate of drug-likeness (QED) is 0.781. The fraction of sp³-hybridized carbons (Fsp3) is 0.588. The van der Waals surface area contributed by atoms with Crippen molar-refractivity contribution < 1.29 is 9.90 Å². The minimum atomic E-state index is -0.851. The minimum Gasteiger partial charge on any atom is -0.388 e. The van der Waals surface area contributed by atoms with Crippen LogP contribution in [-0.4, -0.2) is 29.7 Å². The maximum absolute atomic E-state index is 12.4. The average molecular weight is 290 g/mol. The van der Waals surface area contributed by atoms with Gasteiger partial charge in [-0.1, -0.05) is 32.0 Å². The molecular formula is C17H26N2O2. The van der Waals surface area contributed by atoms with Crippen LogP contribution < -0.4 is 10.6 Å². The Kier molecular flexibility index (Phi) is 4.88. The molecule has 1 aliphatic rings. The zero-order valence-electron chi connectivity index (χ0n) is 13.1. The number of benzene rings is 1. The Hall–Kier alpha value is -1.55. The molecule has 0 spiro atoms. The molecular weight excluding hydrogens is 264 g/mol. The van der Waals surface area contributed by atoms with E-state index in [4.69, 9.17) is 0 Å². The summed E-state index contributed by atoms with van der Waals surface area (Å²) in [4.78, 5) is 12.4. The van der Waals surface area contributed by atoms with Gasteiger partial charge in [-0.05, 0) is 37.3 Å². The standard InChI is InChI=1S/C17H26N2O2/c1-12(2)10-17(3,21)11-19-16(20)14-8-9-18-15-7-5-4-6-13(14)15/h4-7,12,14,18,21H,8-11H2,1-3H3,(H,19,20). The number of hydrogen-bond donors (Lipinski definition) is 3. The van der Waals surface area contributed by atoms with Gasteiger partial charge in [0.1, 0.15) is 0 Å². The van der Waals surface area contributed by atoms with Crippen LogP contribution >= 0.6 is 0 Å². The van der Waals surface area contributed by atoms with E-state index < -0.39 is 5.60 Å². The van der Waals surface area contributed by atoms with Crippen LogP contribution in [0.2, 0.25) is 0 Å². The monoisotopic (exact) mass is 290 g/mol. The molecule has 2 unspecified atom stereocenters. The molecule has 0 radical (unpaired) electrons. The molecule has 3 N–H and O–H groups in total. The van der Waals surface area contributed by atoms with Gasteiger partial charge in [-0.3, -0.25) is 4.79 Å². The van der Waals surface area contributed by atoms with Gasteiger partial charge in [-0.25, -0.2) is 0 Å². The van der Waals surface area contributed by atoms with E-state index in [1.54, 1.807) is 6.92 Å². The zero-order chi connectivity index (χ0) is 15.5. The van der Waals surface area contributed by atoms with Gasteiger partial charge in [0.25, 0.3) is 0 Å². The highest BCUT2D eigenvalue weighted by Crippen LogP contribution is 2.31. The van der Waals surface area contributed by atoms with Crippen LogP contribution in [0.3, 0.4) is 0 Å². The summed E-state index contributed by atoms with van der Waals surface area (Å²) >= 11 is 0. The number of amides is 1. The lowest BCUT2D eigenvalue weighted by Crippen LogP contribution is -2.43. The molecule has 0 saturated carbocycles. The molecule has 116 valence electrons. The first-order valence-corrected chi connectivity index (χ1v) is 7.72. The Bertz CT molecular complexity index is 497. The number of anilines is 1. The predicted octanol–water partition coefficient (Wildman–Crippen LogP) is 2.50. The van der Waals surface area contributed by atoms with Crippen molar-refractivity contribution in [1.82, 2.24) is 5.32 Å². The van der Waals surface area contributed by atoms with Crippen LogP contribution in [0.5, 0.6) is 0 Å². The molecule has 1 aromatic rings. The molecule has 1 aromatic carbocycles. The summed E-state index contributed by atoms with van der Waals surface area (Å²) in [6.07, 6.45) is 1.46. The van der Waals surface area contributed by atoms with E-state index in [9.17, 15) is 9.90 Å². The zero-order valence-corrected chi connectivity index (χ0v) is 13.1. The number of carbonyl (C=O) groups excluding carboxylic acids is 1. The number of nitrogens with one attached hydrogen (secondary N) is 2. The van der Waals surface area contributed by atoms with E-state index in [0.29, 0.717) is 18.9 Å². The Balaban J connectivity index is 1.99. The molecule has 0 fully saturated rings. The highest BCUT2D eigenvalue weighted by molar-refractivity contribution is 5.86. The molecule has 0 aromatic heterocycles. The second-order valence-electron chi connectivity index (χ2n) is 6.67. The molecule has 0 aliphatic carbocycles. The lowest BCUT2D eigenvalue weighted by Gasteiger charge is -2.29. The van der Waals surface area contributed by atoms with Crippen molar-refractivity contribution in [3.8, 4) is 0 Å². The Morgan fingerprint density at radius 1 is 1.48 bits per heavy atom. The summed E-state index contributed by atoms with van der Waals surface area (Å²) in [5.41, 5.74) is 1.23. The largest absolute Gasteiger partial charge is 0.388 e. The van der Waals surface area contributed by atoms with E-state index in [2.05, 4.69) is 24.5 Å². The first-order chi connectivity index (χ1) is 9.89. The van der Waals surface area contributed by atoms with E-state index in [-0.39, 0.29) is 11.8 Å². The number of aliphatic hydroxyl groups is 1. The highest BCUT2D eigenvalue weighted by atomic mass is 16.3. The van der Waals surface area contributed by atoms with Crippen LogP contribution in [-0.2, 0) is 4.79 Å². The Labute approximate surface area is 126 Å². The van der Waals surface area contributed by atoms with E-state index in [1.807, 2.05) is 24.3 Å². The van der Waals surface area contributed by atoms with E-state index in [0.717, 1.165) is 24.2 Å². The molecule has 1 amide bonds. The third kappa shape index (κ3) is 4.21. The second kappa shape index (κ2) is 6.48. The lowest BCUT2D eigenvalue weighted by atomic mass is 9.89. The van der Waals surface area contributed by atoms with Crippen molar-refractivity contribution >= 4 is 11.6 Å². The Morgan fingerprint density at radius 2 is 2.19 bits per heavy atom. The van der Waals surface area contributed by atoms with Crippen molar-refractivity contribution in [3.05, 3.63) is 29.8 Å². The molecule has 21 heavy (non-hydrogen) atoms. The van der Waals surface area contributed by atoms with Crippen molar-refractivity contribution in [1.29, 1.82) is 0 Å². The van der Waals surface area contributed by atoms with Gasteiger partial charge in [-0.15, -0.1) is 0 Å². The maximum atomic E-state index is 12.4. The second-order valence-corrected chi connectivity index (χ2v) is 6.67. The van der Waals surface area contributed by atoms with Gasteiger partial charge >= 0.3 is 0 Å². The van der Waals surface area contributed by atoms with Gasteiger partial charge < -0.3 is 15.7 Å². The third-order valence-electron chi connectivity index (χ3n) is 3.89. The van der Waals surface area contributed by atoms with Crippen LogP contribution in [0.1, 0.15) is 45.1 Å². The average Bonchev–Trinajstić information content (AvgIpc) is 2.43. The summed E-state index contributed by atoms with van der Waals surface area (Å²) in [5.74, 6) is 0.279. The van der Waals surface area contributed by atoms with Crippen LogP contribution in [0.15, 0.2) is 24.3 Å². The topological polar surface area (TPSA) is 61.4 Å². The molecule has 2 atom stereocenters. The normalized spacial score (nSPS) is 20.3. The number of para-hydroxylation sites is 1. The molecule has 1 aliphatic heterocycles. The van der Waals surface area contributed by atoms with E-state index >= 15 is 0 Å². The van der Waals surface area contributed by atoms with Gasteiger partial charge in [0.05, 0.1) is 11.5 Å². The Morgan fingerprint density at radius 3 is 2.90 bits per heavy atom. The summed E-state index contributed by atoms with van der Waals surface area (Å²) in [6.45, 7) is 7.02. The predicted molar refractivity (Wildman–Crippen MR) is 85.4 cm³/mol. The van der Waals surface area contributed by atoms with Crippen molar-refractivity contribution in [2.24, 2.45) is 5.92 Å². The summed E-state index contributed by atoms with van der Waals surface area (Å²) in [7, 11) is 0. The fourth-order valence-electron chi connectivity index (χ4n) is 3.09. The molecule has 2 rings (SSSR count). The SMILES string of the molecule is CC(C)CC(C)(O)CNC(=O)C1CCNc2ccccc21. The number of carbonyl (C=O) groups is 1. The van der Waals surface area contributed by atoms with Crippen molar-refractivity contribution in [2.75, 3.05) is 18.4 Å². The molecule has 0 saturated heterocycles. The third-order valence-corrected chi connectivity index (χ3v) is 3.89.